The van der Waals surface area contributed by atoms with Crippen molar-refractivity contribution in [3.63, 3.8) is 0 Å². The molecule has 2 unspecified atom stereocenters. The molecule has 2 fully saturated rings. The van der Waals surface area contributed by atoms with Gasteiger partial charge in [0.25, 0.3) is 5.91 Å². The van der Waals surface area contributed by atoms with E-state index in [0.717, 1.165) is 40.6 Å². The van der Waals surface area contributed by atoms with Gasteiger partial charge in [-0.25, -0.2) is 4.79 Å². The van der Waals surface area contributed by atoms with Crippen molar-refractivity contribution in [2.24, 2.45) is 11.8 Å². The van der Waals surface area contributed by atoms with Gasteiger partial charge in [-0.15, -0.1) is 0 Å². The van der Waals surface area contributed by atoms with Gasteiger partial charge in [0, 0.05) is 11.9 Å². The van der Waals surface area contributed by atoms with Crippen molar-refractivity contribution in [3.8, 4) is 0 Å². The molecule has 1 N–H and O–H groups in total. The Labute approximate surface area is 177 Å². The second-order valence-corrected chi connectivity index (χ2v) is 8.56. The Morgan fingerprint density at radius 1 is 1.10 bits per heavy atom. The second kappa shape index (κ2) is 7.74. The van der Waals surface area contributed by atoms with E-state index in [4.69, 9.17) is 0 Å². The zero-order valence-electron chi connectivity index (χ0n) is 17.9. The quantitative estimate of drug-likeness (QED) is 0.781. The Balaban J connectivity index is 1.61. The molecule has 1 heterocycles. The predicted octanol–water partition coefficient (Wildman–Crippen LogP) is 3.94. The van der Waals surface area contributed by atoms with Crippen molar-refractivity contribution in [1.29, 1.82) is 0 Å². The van der Waals surface area contributed by atoms with Gasteiger partial charge in [0.15, 0.2) is 0 Å². The molecule has 4 amide bonds. The van der Waals surface area contributed by atoms with Crippen molar-refractivity contribution < 1.29 is 14.4 Å². The third kappa shape index (κ3) is 3.06. The molecule has 1 aliphatic heterocycles. The number of nitrogens with zero attached hydrogens (tertiary/aromatic N) is 2. The maximum Gasteiger partial charge on any atom is 0.325 e. The number of likely N-dealkylation sites (N-methyl/N-ethyl adjacent to an activating group) is 1. The SMILES string of the molecule is CCN(C(=O)CN1C(=O)NC2(C1=O)C(C)CCCC2C)c1cccc2ccccc12. The maximum atomic E-state index is 13.4. The van der Waals surface area contributed by atoms with E-state index in [9.17, 15) is 14.4 Å². The highest BCUT2D eigenvalue weighted by Crippen LogP contribution is 2.42. The van der Waals surface area contributed by atoms with Crippen LogP contribution in [0.2, 0.25) is 0 Å². The van der Waals surface area contributed by atoms with E-state index in [1.807, 2.05) is 63.2 Å². The van der Waals surface area contributed by atoms with Gasteiger partial charge in [-0.2, -0.15) is 0 Å². The molecule has 2 aliphatic rings. The summed E-state index contributed by atoms with van der Waals surface area (Å²) in [6.45, 7) is 6.15. The van der Waals surface area contributed by atoms with E-state index in [-0.39, 0.29) is 30.2 Å². The smallest absolute Gasteiger partial charge is 0.323 e. The Hall–Kier alpha value is -2.89. The van der Waals surface area contributed by atoms with Gasteiger partial charge < -0.3 is 10.2 Å². The minimum Gasteiger partial charge on any atom is -0.323 e. The van der Waals surface area contributed by atoms with Gasteiger partial charge in [0.2, 0.25) is 5.91 Å². The zero-order chi connectivity index (χ0) is 21.5. The molecule has 1 spiro atoms. The Morgan fingerprint density at radius 2 is 1.77 bits per heavy atom. The Kier molecular flexibility index (Phi) is 5.26. The van der Waals surface area contributed by atoms with Crippen LogP contribution in [0.5, 0.6) is 0 Å². The van der Waals surface area contributed by atoms with Crippen LogP contribution in [-0.2, 0) is 9.59 Å². The fourth-order valence-corrected chi connectivity index (χ4v) is 5.24. The number of urea groups is 1. The number of imide groups is 1. The molecular weight excluding hydrogens is 378 g/mol. The van der Waals surface area contributed by atoms with Crippen LogP contribution in [0.1, 0.15) is 40.0 Å². The summed E-state index contributed by atoms with van der Waals surface area (Å²) in [5, 5.41) is 4.98. The lowest BCUT2D eigenvalue weighted by molar-refractivity contribution is -0.138. The van der Waals surface area contributed by atoms with Crippen LogP contribution >= 0.6 is 0 Å². The van der Waals surface area contributed by atoms with Gasteiger partial charge in [0.1, 0.15) is 12.1 Å². The minimum absolute atomic E-state index is 0.0538. The van der Waals surface area contributed by atoms with Crippen LogP contribution in [-0.4, -0.2) is 41.4 Å². The van der Waals surface area contributed by atoms with Crippen LogP contribution in [0.3, 0.4) is 0 Å². The lowest BCUT2D eigenvalue weighted by Gasteiger charge is -2.42. The second-order valence-electron chi connectivity index (χ2n) is 8.56. The zero-order valence-corrected chi connectivity index (χ0v) is 17.9. The van der Waals surface area contributed by atoms with Gasteiger partial charge in [-0.05, 0) is 43.1 Å². The summed E-state index contributed by atoms with van der Waals surface area (Å²) in [4.78, 5) is 42.2. The van der Waals surface area contributed by atoms with Crippen LogP contribution in [0.15, 0.2) is 42.5 Å². The number of anilines is 1. The van der Waals surface area contributed by atoms with Crippen molar-refractivity contribution in [3.05, 3.63) is 42.5 Å². The number of benzene rings is 2. The predicted molar refractivity (Wildman–Crippen MR) is 117 cm³/mol. The molecule has 1 saturated carbocycles. The topological polar surface area (TPSA) is 69.7 Å². The van der Waals surface area contributed by atoms with E-state index in [2.05, 4.69) is 5.32 Å². The average molecular weight is 408 g/mol. The lowest BCUT2D eigenvalue weighted by Crippen LogP contribution is -2.59. The van der Waals surface area contributed by atoms with Crippen molar-refractivity contribution in [2.45, 2.75) is 45.6 Å². The summed E-state index contributed by atoms with van der Waals surface area (Å²) in [5.41, 5.74) is -0.0895. The van der Waals surface area contributed by atoms with Gasteiger partial charge in [-0.1, -0.05) is 56.7 Å². The van der Waals surface area contributed by atoms with Crippen molar-refractivity contribution >= 4 is 34.3 Å². The number of rotatable bonds is 4. The summed E-state index contributed by atoms with van der Waals surface area (Å²) in [6, 6.07) is 13.3. The lowest BCUT2D eigenvalue weighted by atomic mass is 9.67. The monoisotopic (exact) mass is 407 g/mol. The summed E-state index contributed by atoms with van der Waals surface area (Å²) >= 11 is 0. The molecule has 1 saturated heterocycles. The standard InChI is InChI=1S/C24H29N3O3/c1-4-26(20-14-8-12-18-11-5-6-13-19(18)20)21(28)15-27-22(29)24(25-23(27)30)16(2)9-7-10-17(24)3/h5-6,8,11-14,16-17H,4,7,9-10,15H2,1-3H3,(H,25,30). The van der Waals surface area contributed by atoms with Gasteiger partial charge >= 0.3 is 6.03 Å². The number of hydrogen-bond donors (Lipinski definition) is 1. The summed E-state index contributed by atoms with van der Waals surface area (Å²) < 4.78 is 0. The highest BCUT2D eigenvalue weighted by molar-refractivity contribution is 6.12. The molecule has 0 aromatic heterocycles. The van der Waals surface area contributed by atoms with Crippen LogP contribution in [0.4, 0.5) is 10.5 Å². The molecule has 30 heavy (non-hydrogen) atoms. The molecule has 4 rings (SSSR count). The number of fused-ring (bicyclic) bond motifs is 1. The van der Waals surface area contributed by atoms with Gasteiger partial charge in [0.05, 0.1) is 5.69 Å². The van der Waals surface area contributed by atoms with Crippen molar-refractivity contribution in [2.75, 3.05) is 18.0 Å². The molecule has 2 aromatic rings. The fourth-order valence-electron chi connectivity index (χ4n) is 5.24. The molecule has 0 radical (unpaired) electrons. The number of nitrogens with one attached hydrogen (secondary N) is 1. The first-order chi connectivity index (χ1) is 14.4. The fraction of sp³-hybridized carbons (Fsp3) is 0.458. The number of carbonyl (C=O) groups excluding carboxylic acids is 3. The van der Waals surface area contributed by atoms with Crippen molar-refractivity contribution in [1.82, 2.24) is 10.2 Å². The molecule has 2 atom stereocenters. The largest absolute Gasteiger partial charge is 0.325 e. The highest BCUT2D eigenvalue weighted by Gasteiger charge is 2.58. The molecule has 0 bridgehead atoms. The molecule has 6 nitrogen and oxygen atoms in total. The summed E-state index contributed by atoms with van der Waals surface area (Å²) in [6.07, 6.45) is 2.85. The van der Waals surface area contributed by atoms with E-state index >= 15 is 0 Å². The Morgan fingerprint density at radius 3 is 2.47 bits per heavy atom. The molecule has 158 valence electrons. The first kappa shape index (κ1) is 20.4. The minimum atomic E-state index is -0.883. The average Bonchev–Trinajstić information content (AvgIpc) is 2.99. The Bertz CT molecular complexity index is 987. The van der Waals surface area contributed by atoms with E-state index in [1.54, 1.807) is 4.90 Å². The van der Waals surface area contributed by atoms with Crippen LogP contribution in [0, 0.1) is 11.8 Å². The first-order valence-electron chi connectivity index (χ1n) is 10.8. The van der Waals surface area contributed by atoms with E-state index < -0.39 is 11.6 Å². The van der Waals surface area contributed by atoms with Gasteiger partial charge in [-0.3, -0.25) is 14.5 Å². The summed E-state index contributed by atoms with van der Waals surface area (Å²) in [7, 11) is 0. The molecule has 6 heteroatoms. The maximum absolute atomic E-state index is 13.4. The van der Waals surface area contributed by atoms with E-state index in [0.29, 0.717) is 6.54 Å². The first-order valence-corrected chi connectivity index (χ1v) is 10.8. The summed E-state index contributed by atoms with van der Waals surface area (Å²) in [5.74, 6) is -0.406. The third-order valence-electron chi connectivity index (χ3n) is 6.95. The van der Waals surface area contributed by atoms with E-state index in [1.165, 1.54) is 0 Å². The molecule has 1 aliphatic carbocycles. The molecule has 2 aromatic carbocycles. The number of carbonyl (C=O) groups is 3. The van der Waals surface area contributed by atoms with Crippen LogP contribution in [0.25, 0.3) is 10.8 Å². The highest BCUT2D eigenvalue weighted by atomic mass is 16.2. The van der Waals surface area contributed by atoms with Crippen LogP contribution < -0.4 is 10.2 Å². The molecular formula is C24H29N3O3. The third-order valence-corrected chi connectivity index (χ3v) is 6.95. The number of hydrogen-bond acceptors (Lipinski definition) is 3. The number of amides is 4. The normalized spacial score (nSPS) is 26.3.